The smallest absolute Gasteiger partial charge is 0.264 e. The number of rotatable bonds is 4. The lowest BCUT2D eigenvalue weighted by atomic mass is 10.1. The Morgan fingerprint density at radius 3 is 2.67 bits per heavy atom. The van der Waals surface area contributed by atoms with E-state index in [2.05, 4.69) is 31.9 Å². The summed E-state index contributed by atoms with van der Waals surface area (Å²) in [5.74, 6) is -0.0212. The summed E-state index contributed by atoms with van der Waals surface area (Å²) in [4.78, 5) is 15.1. The number of carbonyl (C=O) groups excluding carboxylic acids is 1. The van der Waals surface area contributed by atoms with Crippen molar-refractivity contribution in [2.75, 3.05) is 7.05 Å². The Hall–Kier alpha value is -0.760. The van der Waals surface area contributed by atoms with Gasteiger partial charge in [0.1, 0.15) is 4.99 Å². The van der Waals surface area contributed by atoms with Crippen molar-refractivity contribution >= 4 is 66.3 Å². The summed E-state index contributed by atoms with van der Waals surface area (Å²) in [5.41, 5.74) is 7.43. The molecule has 1 heterocycles. The first-order chi connectivity index (χ1) is 9.88. The van der Waals surface area contributed by atoms with Gasteiger partial charge in [0.15, 0.2) is 0 Å². The van der Waals surface area contributed by atoms with E-state index in [4.69, 9.17) is 18.0 Å². The number of amides is 1. The summed E-state index contributed by atoms with van der Waals surface area (Å²) in [5, 5.41) is 0. The first kappa shape index (κ1) is 16.6. The highest BCUT2D eigenvalue weighted by Gasteiger charge is 2.16. The van der Waals surface area contributed by atoms with E-state index in [9.17, 15) is 4.79 Å². The quantitative estimate of drug-likeness (QED) is 0.715. The number of benzene rings is 1. The molecule has 0 saturated heterocycles. The minimum Gasteiger partial charge on any atom is -0.389 e. The maximum absolute atomic E-state index is 12.4. The highest BCUT2D eigenvalue weighted by molar-refractivity contribution is 9.13. The molecule has 0 fully saturated rings. The van der Waals surface area contributed by atoms with Crippen molar-refractivity contribution < 1.29 is 4.79 Å². The first-order valence-corrected chi connectivity index (χ1v) is 8.78. The molecule has 0 aliphatic heterocycles. The molecule has 2 rings (SSSR count). The van der Waals surface area contributed by atoms with Gasteiger partial charge in [-0.05, 0) is 49.6 Å². The van der Waals surface area contributed by atoms with Gasteiger partial charge in [-0.15, -0.1) is 11.3 Å². The highest BCUT2D eigenvalue weighted by atomic mass is 79.9. The summed E-state index contributed by atoms with van der Waals surface area (Å²) in [6.45, 7) is 0.502. The standard InChI is InChI=1S/C14H12Br2N2OS2/c1-18(14(19)11-6-10(15)12(16)21-11)7-8-3-2-4-9(5-8)13(17)20/h2-6H,7H2,1H3,(H2,17,20). The van der Waals surface area contributed by atoms with E-state index in [0.717, 1.165) is 19.4 Å². The third kappa shape index (κ3) is 4.12. The second-order valence-corrected chi connectivity index (χ2v) is 8.12. The van der Waals surface area contributed by atoms with E-state index >= 15 is 0 Å². The van der Waals surface area contributed by atoms with E-state index in [1.807, 2.05) is 30.3 Å². The molecule has 0 radical (unpaired) electrons. The molecule has 21 heavy (non-hydrogen) atoms. The van der Waals surface area contributed by atoms with Crippen LogP contribution in [0.15, 0.2) is 38.6 Å². The number of hydrogen-bond acceptors (Lipinski definition) is 3. The molecule has 0 atom stereocenters. The molecule has 2 N–H and O–H groups in total. The van der Waals surface area contributed by atoms with Crippen molar-refractivity contribution in [2.45, 2.75) is 6.54 Å². The van der Waals surface area contributed by atoms with Gasteiger partial charge in [0.05, 0.1) is 8.66 Å². The van der Waals surface area contributed by atoms with E-state index < -0.39 is 0 Å². The van der Waals surface area contributed by atoms with E-state index in [1.165, 1.54) is 11.3 Å². The lowest BCUT2D eigenvalue weighted by Gasteiger charge is -2.16. The lowest BCUT2D eigenvalue weighted by Crippen LogP contribution is -2.25. The van der Waals surface area contributed by atoms with Crippen LogP contribution in [-0.4, -0.2) is 22.8 Å². The van der Waals surface area contributed by atoms with Gasteiger partial charge in [-0.2, -0.15) is 0 Å². The summed E-state index contributed by atoms with van der Waals surface area (Å²) in [6, 6.07) is 9.43. The molecule has 0 saturated carbocycles. The van der Waals surface area contributed by atoms with E-state index in [-0.39, 0.29) is 5.91 Å². The Labute approximate surface area is 149 Å². The number of thiocarbonyl (C=S) groups is 1. The zero-order chi connectivity index (χ0) is 15.6. The Bertz CT molecular complexity index is 681. The van der Waals surface area contributed by atoms with Crippen LogP contribution in [0.4, 0.5) is 0 Å². The fraction of sp³-hybridized carbons (Fsp3) is 0.143. The van der Waals surface area contributed by atoms with Crippen LogP contribution in [0.5, 0.6) is 0 Å². The van der Waals surface area contributed by atoms with Crippen LogP contribution in [0.1, 0.15) is 20.8 Å². The van der Waals surface area contributed by atoms with Gasteiger partial charge >= 0.3 is 0 Å². The normalized spacial score (nSPS) is 10.4. The van der Waals surface area contributed by atoms with Crippen molar-refractivity contribution in [2.24, 2.45) is 5.73 Å². The van der Waals surface area contributed by atoms with Crippen LogP contribution in [0.25, 0.3) is 0 Å². The fourth-order valence-corrected chi connectivity index (χ4v) is 3.97. The molecule has 0 bridgehead atoms. The van der Waals surface area contributed by atoms with Crippen LogP contribution >= 0.6 is 55.4 Å². The monoisotopic (exact) mass is 446 g/mol. The van der Waals surface area contributed by atoms with Gasteiger partial charge in [0.2, 0.25) is 0 Å². The Morgan fingerprint density at radius 2 is 2.10 bits per heavy atom. The highest BCUT2D eigenvalue weighted by Crippen LogP contribution is 2.33. The number of carbonyl (C=O) groups is 1. The van der Waals surface area contributed by atoms with Crippen molar-refractivity contribution in [3.05, 3.63) is 54.6 Å². The van der Waals surface area contributed by atoms with Crippen LogP contribution in [0, 0.1) is 0 Å². The van der Waals surface area contributed by atoms with Gasteiger partial charge in [-0.25, -0.2) is 0 Å². The summed E-state index contributed by atoms with van der Waals surface area (Å²) in [6.07, 6.45) is 0. The van der Waals surface area contributed by atoms with Crippen LogP contribution in [-0.2, 0) is 6.54 Å². The molecule has 1 aromatic heterocycles. The SMILES string of the molecule is CN(Cc1cccc(C(N)=S)c1)C(=O)c1cc(Br)c(Br)s1. The zero-order valence-electron chi connectivity index (χ0n) is 11.1. The number of nitrogens with two attached hydrogens (primary N) is 1. The summed E-state index contributed by atoms with van der Waals surface area (Å²) < 4.78 is 1.80. The number of hydrogen-bond donors (Lipinski definition) is 1. The number of halogens is 2. The molecule has 2 aromatic rings. The van der Waals surface area contributed by atoms with Crippen molar-refractivity contribution in [3.8, 4) is 0 Å². The molecule has 1 aromatic carbocycles. The molecule has 110 valence electrons. The maximum Gasteiger partial charge on any atom is 0.264 e. The predicted molar refractivity (Wildman–Crippen MR) is 97.8 cm³/mol. The van der Waals surface area contributed by atoms with Gasteiger partial charge < -0.3 is 10.6 Å². The van der Waals surface area contributed by atoms with Crippen LogP contribution in [0.3, 0.4) is 0 Å². The Morgan fingerprint density at radius 1 is 1.38 bits per heavy atom. The molecule has 0 spiro atoms. The van der Waals surface area contributed by atoms with Gasteiger partial charge in [-0.1, -0.05) is 30.4 Å². The van der Waals surface area contributed by atoms with Crippen molar-refractivity contribution in [1.82, 2.24) is 4.90 Å². The largest absolute Gasteiger partial charge is 0.389 e. The lowest BCUT2D eigenvalue weighted by molar-refractivity contribution is 0.0790. The minimum atomic E-state index is -0.0212. The Balaban J connectivity index is 2.14. The second kappa shape index (κ2) is 7.00. The number of thiophene rings is 1. The molecule has 0 aliphatic rings. The molecule has 3 nitrogen and oxygen atoms in total. The van der Waals surface area contributed by atoms with Gasteiger partial charge in [-0.3, -0.25) is 4.79 Å². The Kier molecular flexibility index (Phi) is 5.54. The molecular formula is C14H12Br2N2OS2. The maximum atomic E-state index is 12.4. The van der Waals surface area contributed by atoms with E-state index in [0.29, 0.717) is 16.4 Å². The van der Waals surface area contributed by atoms with Crippen molar-refractivity contribution in [3.63, 3.8) is 0 Å². The fourth-order valence-electron chi connectivity index (χ4n) is 1.81. The summed E-state index contributed by atoms with van der Waals surface area (Å²) >= 11 is 13.2. The predicted octanol–water partition coefficient (Wildman–Crippen LogP) is 4.18. The topological polar surface area (TPSA) is 46.3 Å². The minimum absolute atomic E-state index is 0.0212. The zero-order valence-corrected chi connectivity index (χ0v) is 15.9. The first-order valence-electron chi connectivity index (χ1n) is 5.97. The number of nitrogens with zero attached hydrogens (tertiary/aromatic N) is 1. The molecule has 0 unspecified atom stereocenters. The third-order valence-electron chi connectivity index (χ3n) is 2.83. The molecule has 7 heteroatoms. The van der Waals surface area contributed by atoms with E-state index in [1.54, 1.807) is 11.9 Å². The van der Waals surface area contributed by atoms with Crippen LogP contribution in [0.2, 0.25) is 0 Å². The van der Waals surface area contributed by atoms with Crippen LogP contribution < -0.4 is 5.73 Å². The second-order valence-electron chi connectivity index (χ2n) is 4.46. The average molecular weight is 448 g/mol. The third-order valence-corrected chi connectivity index (χ3v) is 6.31. The van der Waals surface area contributed by atoms with Gasteiger partial charge in [0.25, 0.3) is 5.91 Å². The molecule has 0 aliphatic carbocycles. The van der Waals surface area contributed by atoms with Crippen molar-refractivity contribution in [1.29, 1.82) is 0 Å². The van der Waals surface area contributed by atoms with Gasteiger partial charge in [0, 0.05) is 23.6 Å². The summed E-state index contributed by atoms with van der Waals surface area (Å²) in [7, 11) is 1.78. The average Bonchev–Trinajstić information content (AvgIpc) is 2.78. The molecule has 1 amide bonds. The molecular weight excluding hydrogens is 436 g/mol.